The van der Waals surface area contributed by atoms with Gasteiger partial charge < -0.3 is 16.0 Å². The summed E-state index contributed by atoms with van der Waals surface area (Å²) >= 11 is 2.22. The van der Waals surface area contributed by atoms with Crippen molar-refractivity contribution in [2.24, 2.45) is 4.99 Å². The average Bonchev–Trinajstić information content (AvgIpc) is 2.33. The van der Waals surface area contributed by atoms with E-state index in [9.17, 15) is 4.79 Å². The molecule has 0 heterocycles. The van der Waals surface area contributed by atoms with Crippen molar-refractivity contribution in [3.8, 4) is 0 Å². The van der Waals surface area contributed by atoms with Crippen LogP contribution in [0, 0.1) is 3.57 Å². The molecule has 1 rings (SSSR count). The first kappa shape index (κ1) is 13.8. The van der Waals surface area contributed by atoms with E-state index in [0.717, 1.165) is 9.26 Å². The van der Waals surface area contributed by atoms with Crippen LogP contribution in [0.25, 0.3) is 0 Å². The van der Waals surface area contributed by atoms with Crippen LogP contribution in [0.4, 0.5) is 5.69 Å². The number of carbonyl (C=O) groups excluding carboxylic acids is 1. The lowest BCUT2D eigenvalue weighted by Gasteiger charge is -2.09. The van der Waals surface area contributed by atoms with Crippen molar-refractivity contribution in [3.63, 3.8) is 0 Å². The third-order valence-electron chi connectivity index (χ3n) is 2.00. The minimum absolute atomic E-state index is 0.109. The molecule has 3 N–H and O–H groups in total. The molecule has 0 radical (unpaired) electrons. The van der Waals surface area contributed by atoms with E-state index in [2.05, 4.69) is 43.5 Å². The monoisotopic (exact) mass is 346 g/mol. The van der Waals surface area contributed by atoms with Crippen LogP contribution in [0.2, 0.25) is 0 Å². The van der Waals surface area contributed by atoms with E-state index >= 15 is 0 Å². The van der Waals surface area contributed by atoms with E-state index < -0.39 is 0 Å². The standard InChI is InChI=1S/C11H15IN4O/c1-13-11(14-2)15-7-10(17)16-9-5-3-8(12)4-6-9/h3-6H,7H2,1-2H3,(H,16,17)(H2,13,14,15). The zero-order chi connectivity index (χ0) is 12.7. The van der Waals surface area contributed by atoms with Gasteiger partial charge in [-0.3, -0.25) is 9.79 Å². The number of nitrogens with one attached hydrogen (secondary N) is 3. The Bertz CT molecular complexity index is 402. The fraction of sp³-hybridized carbons (Fsp3) is 0.273. The molecule has 5 nitrogen and oxygen atoms in total. The zero-order valence-corrected chi connectivity index (χ0v) is 11.9. The number of aliphatic imine (C=N–C) groups is 1. The first-order chi connectivity index (χ1) is 8.15. The van der Waals surface area contributed by atoms with E-state index in [4.69, 9.17) is 0 Å². The largest absolute Gasteiger partial charge is 0.359 e. The Morgan fingerprint density at radius 1 is 1.35 bits per heavy atom. The molecule has 92 valence electrons. The maximum atomic E-state index is 11.6. The average molecular weight is 346 g/mol. The summed E-state index contributed by atoms with van der Waals surface area (Å²) in [6.07, 6.45) is 0. The number of guanidine groups is 1. The Morgan fingerprint density at radius 3 is 2.53 bits per heavy atom. The lowest BCUT2D eigenvalue weighted by molar-refractivity contribution is -0.115. The van der Waals surface area contributed by atoms with Gasteiger partial charge in [0.2, 0.25) is 5.91 Å². The molecule has 1 aromatic rings. The van der Waals surface area contributed by atoms with Crippen LogP contribution in [0.1, 0.15) is 0 Å². The number of benzene rings is 1. The molecule has 0 aromatic heterocycles. The summed E-state index contributed by atoms with van der Waals surface area (Å²) in [4.78, 5) is 15.5. The Labute approximate surface area is 114 Å². The lowest BCUT2D eigenvalue weighted by Crippen LogP contribution is -2.39. The quantitative estimate of drug-likeness (QED) is 0.435. The predicted molar refractivity (Wildman–Crippen MR) is 78.2 cm³/mol. The normalized spacial score (nSPS) is 10.9. The summed E-state index contributed by atoms with van der Waals surface area (Å²) in [6, 6.07) is 7.62. The van der Waals surface area contributed by atoms with Crippen LogP contribution < -0.4 is 16.0 Å². The molecule has 0 atom stereocenters. The minimum atomic E-state index is -0.109. The molecule has 0 aliphatic carbocycles. The highest BCUT2D eigenvalue weighted by Crippen LogP contribution is 2.10. The van der Waals surface area contributed by atoms with Crippen molar-refractivity contribution in [1.29, 1.82) is 0 Å². The summed E-state index contributed by atoms with van der Waals surface area (Å²) < 4.78 is 1.13. The molecule has 6 heteroatoms. The second-order valence-corrected chi connectivity index (χ2v) is 4.48. The molecule has 1 amide bonds. The molecule has 0 saturated heterocycles. The van der Waals surface area contributed by atoms with Crippen molar-refractivity contribution in [2.75, 3.05) is 26.0 Å². The summed E-state index contributed by atoms with van der Waals surface area (Å²) in [7, 11) is 3.39. The SMILES string of the molecule is CN=C(NC)NCC(=O)Nc1ccc(I)cc1. The van der Waals surface area contributed by atoms with Gasteiger partial charge in [-0.25, -0.2) is 0 Å². The summed E-state index contributed by atoms with van der Waals surface area (Å²) in [6.45, 7) is 0.180. The summed E-state index contributed by atoms with van der Waals surface area (Å²) in [5, 5.41) is 8.50. The number of halogens is 1. The van der Waals surface area contributed by atoms with Gasteiger partial charge in [0.05, 0.1) is 6.54 Å². The van der Waals surface area contributed by atoms with Crippen LogP contribution in [0.15, 0.2) is 29.3 Å². The molecule has 0 spiro atoms. The van der Waals surface area contributed by atoms with Crippen molar-refractivity contribution in [1.82, 2.24) is 10.6 Å². The zero-order valence-electron chi connectivity index (χ0n) is 9.75. The van der Waals surface area contributed by atoms with Gasteiger partial charge in [0.1, 0.15) is 0 Å². The Kier molecular flexibility index (Phi) is 5.75. The fourth-order valence-corrected chi connectivity index (χ4v) is 1.54. The van der Waals surface area contributed by atoms with Crippen LogP contribution >= 0.6 is 22.6 Å². The van der Waals surface area contributed by atoms with E-state index in [-0.39, 0.29) is 12.5 Å². The van der Waals surface area contributed by atoms with Gasteiger partial charge in [0.25, 0.3) is 0 Å². The molecule has 0 unspecified atom stereocenters. The number of rotatable bonds is 3. The number of amides is 1. The van der Waals surface area contributed by atoms with Crippen LogP contribution in [0.3, 0.4) is 0 Å². The Hall–Kier alpha value is -1.31. The smallest absolute Gasteiger partial charge is 0.243 e. The number of hydrogen-bond acceptors (Lipinski definition) is 2. The molecule has 1 aromatic carbocycles. The number of anilines is 1. The van der Waals surface area contributed by atoms with Crippen molar-refractivity contribution < 1.29 is 4.79 Å². The maximum Gasteiger partial charge on any atom is 0.243 e. The molecule has 0 fully saturated rings. The lowest BCUT2D eigenvalue weighted by atomic mass is 10.3. The summed E-state index contributed by atoms with van der Waals surface area (Å²) in [5.74, 6) is 0.477. The van der Waals surface area contributed by atoms with Gasteiger partial charge in [0.15, 0.2) is 5.96 Å². The van der Waals surface area contributed by atoms with Crippen molar-refractivity contribution in [3.05, 3.63) is 27.8 Å². The third kappa shape index (κ3) is 5.03. The first-order valence-corrected chi connectivity index (χ1v) is 6.17. The highest BCUT2D eigenvalue weighted by atomic mass is 127. The van der Waals surface area contributed by atoms with Gasteiger partial charge in [-0.2, -0.15) is 0 Å². The van der Waals surface area contributed by atoms with Gasteiger partial charge in [0, 0.05) is 23.4 Å². The Balaban J connectivity index is 2.42. The van der Waals surface area contributed by atoms with E-state index in [1.807, 2.05) is 24.3 Å². The van der Waals surface area contributed by atoms with E-state index in [1.54, 1.807) is 14.1 Å². The topological polar surface area (TPSA) is 65.5 Å². The predicted octanol–water partition coefficient (Wildman–Crippen LogP) is 1.02. The number of carbonyl (C=O) groups is 1. The first-order valence-electron chi connectivity index (χ1n) is 5.09. The minimum Gasteiger partial charge on any atom is -0.359 e. The highest BCUT2D eigenvalue weighted by Gasteiger charge is 2.02. The maximum absolute atomic E-state index is 11.6. The van der Waals surface area contributed by atoms with Gasteiger partial charge in [-0.05, 0) is 46.9 Å². The molecule has 17 heavy (non-hydrogen) atoms. The fourth-order valence-electron chi connectivity index (χ4n) is 1.18. The molecule has 0 bridgehead atoms. The van der Waals surface area contributed by atoms with Crippen LogP contribution in [0.5, 0.6) is 0 Å². The van der Waals surface area contributed by atoms with Gasteiger partial charge in [-0.1, -0.05) is 0 Å². The second-order valence-electron chi connectivity index (χ2n) is 3.23. The van der Waals surface area contributed by atoms with E-state index in [1.165, 1.54) is 0 Å². The number of hydrogen-bond donors (Lipinski definition) is 3. The van der Waals surface area contributed by atoms with Crippen LogP contribution in [-0.4, -0.2) is 32.5 Å². The molecule has 0 saturated carbocycles. The molecule has 0 aliphatic rings. The molecular weight excluding hydrogens is 331 g/mol. The van der Waals surface area contributed by atoms with Crippen molar-refractivity contribution in [2.45, 2.75) is 0 Å². The molecular formula is C11H15IN4O. The summed E-state index contributed by atoms with van der Waals surface area (Å²) in [5.41, 5.74) is 0.789. The van der Waals surface area contributed by atoms with E-state index in [0.29, 0.717) is 5.96 Å². The number of nitrogens with zero attached hydrogens (tertiary/aromatic N) is 1. The van der Waals surface area contributed by atoms with Gasteiger partial charge in [-0.15, -0.1) is 0 Å². The molecule has 0 aliphatic heterocycles. The third-order valence-corrected chi connectivity index (χ3v) is 2.72. The van der Waals surface area contributed by atoms with Crippen LogP contribution in [-0.2, 0) is 4.79 Å². The van der Waals surface area contributed by atoms with Gasteiger partial charge >= 0.3 is 0 Å². The highest BCUT2D eigenvalue weighted by molar-refractivity contribution is 14.1. The second kappa shape index (κ2) is 7.10. The Morgan fingerprint density at radius 2 is 2.00 bits per heavy atom. The van der Waals surface area contributed by atoms with Crippen molar-refractivity contribution >= 4 is 40.1 Å².